The van der Waals surface area contributed by atoms with Crippen LogP contribution in [-0.2, 0) is 9.59 Å². The van der Waals surface area contributed by atoms with Crippen molar-refractivity contribution >= 4 is 40.9 Å². The van der Waals surface area contributed by atoms with Crippen LogP contribution in [0.1, 0.15) is 11.1 Å². The smallest absolute Gasteiger partial charge is 0.270 e. The molecule has 40 heavy (non-hydrogen) atoms. The van der Waals surface area contributed by atoms with E-state index in [0.29, 0.717) is 5.69 Å². The first-order valence-corrected chi connectivity index (χ1v) is 13.3. The van der Waals surface area contributed by atoms with Crippen molar-refractivity contribution in [3.05, 3.63) is 138 Å². The highest BCUT2D eigenvalue weighted by Gasteiger charge is 2.35. The van der Waals surface area contributed by atoms with Crippen molar-refractivity contribution in [3.8, 4) is 28.2 Å². The molecule has 194 valence electrons. The van der Waals surface area contributed by atoms with E-state index in [-0.39, 0.29) is 10.7 Å². The number of carbonyl (C=O) groups is 2. The van der Waals surface area contributed by atoms with E-state index in [1.807, 2.05) is 116 Å². The maximum absolute atomic E-state index is 13.9. The lowest BCUT2D eigenvalue weighted by Crippen LogP contribution is -2.54. The van der Waals surface area contributed by atoms with Crippen molar-refractivity contribution in [2.45, 2.75) is 6.92 Å². The summed E-state index contributed by atoms with van der Waals surface area (Å²) in [5.74, 6) is -0.983. The number of anilines is 1. The van der Waals surface area contributed by atoms with Crippen molar-refractivity contribution in [1.29, 1.82) is 0 Å². The molecule has 6 rings (SSSR count). The molecule has 1 N–H and O–H groups in total. The number of thiocarbonyl (C=S) groups is 1. The number of hydrogen-bond donors (Lipinski definition) is 1. The minimum atomic E-state index is -0.521. The van der Waals surface area contributed by atoms with Crippen LogP contribution in [0.15, 0.2) is 127 Å². The first kappa shape index (κ1) is 25.2. The van der Waals surface area contributed by atoms with Gasteiger partial charge in [-0.25, -0.2) is 0 Å². The van der Waals surface area contributed by atoms with Gasteiger partial charge in [0.25, 0.3) is 11.8 Å². The third-order valence-electron chi connectivity index (χ3n) is 6.92. The molecule has 1 aliphatic rings. The van der Waals surface area contributed by atoms with Crippen molar-refractivity contribution in [3.63, 3.8) is 0 Å². The molecule has 0 aliphatic carbocycles. The van der Waals surface area contributed by atoms with Gasteiger partial charge >= 0.3 is 0 Å². The minimum absolute atomic E-state index is 0.0128. The van der Waals surface area contributed by atoms with Crippen molar-refractivity contribution < 1.29 is 9.59 Å². The second-order valence-corrected chi connectivity index (χ2v) is 9.87. The van der Waals surface area contributed by atoms with E-state index in [1.165, 1.54) is 4.90 Å². The lowest BCUT2D eigenvalue weighted by atomic mass is 10.0. The van der Waals surface area contributed by atoms with Gasteiger partial charge in [0.15, 0.2) is 5.11 Å². The SMILES string of the molecule is Cc1ccccc1N1C(=O)/C(=C\c2cc(-c3ccccc3)n(-c3ccccc3)c2-c2ccccc2)C(=O)NC1=S. The fourth-order valence-electron chi connectivity index (χ4n) is 5.04. The zero-order chi connectivity index (χ0) is 27.6. The topological polar surface area (TPSA) is 54.3 Å². The molecule has 0 saturated carbocycles. The van der Waals surface area contributed by atoms with E-state index >= 15 is 0 Å². The lowest BCUT2D eigenvalue weighted by Gasteiger charge is -2.30. The Morgan fingerprint density at radius 1 is 0.725 bits per heavy atom. The maximum atomic E-state index is 13.9. The van der Waals surface area contributed by atoms with Crippen LogP contribution in [0.2, 0.25) is 0 Å². The van der Waals surface area contributed by atoms with Crippen LogP contribution < -0.4 is 10.2 Å². The van der Waals surface area contributed by atoms with Crippen molar-refractivity contribution in [2.24, 2.45) is 0 Å². The lowest BCUT2D eigenvalue weighted by molar-refractivity contribution is -0.122. The molecule has 1 aliphatic heterocycles. The highest BCUT2D eigenvalue weighted by molar-refractivity contribution is 7.80. The summed E-state index contributed by atoms with van der Waals surface area (Å²) in [6.07, 6.45) is 1.68. The van der Waals surface area contributed by atoms with Crippen LogP contribution in [0.5, 0.6) is 0 Å². The van der Waals surface area contributed by atoms with Gasteiger partial charge in [-0.1, -0.05) is 97.1 Å². The number of rotatable bonds is 5. The van der Waals surface area contributed by atoms with E-state index in [4.69, 9.17) is 12.2 Å². The Bertz CT molecular complexity index is 1770. The first-order valence-electron chi connectivity index (χ1n) is 12.9. The zero-order valence-corrected chi connectivity index (χ0v) is 22.6. The molecule has 0 bridgehead atoms. The van der Waals surface area contributed by atoms with Gasteiger partial charge in [-0.05, 0) is 66.2 Å². The predicted octanol–water partition coefficient (Wildman–Crippen LogP) is 6.95. The molecule has 5 nitrogen and oxygen atoms in total. The van der Waals surface area contributed by atoms with Gasteiger partial charge < -0.3 is 4.57 Å². The Balaban J connectivity index is 1.60. The standard InChI is InChI=1S/C34H25N3O2S/c1-23-13-11-12-20-29(23)37-33(39)28(32(38)35-34(37)40)21-26-22-30(24-14-5-2-6-15-24)36(27-18-9-4-10-19-27)31(26)25-16-7-3-8-17-25/h2-22H,1H3,(H,35,38,40)/b28-21-. The normalized spacial score (nSPS) is 14.5. The summed E-state index contributed by atoms with van der Waals surface area (Å²) in [6.45, 7) is 1.91. The molecule has 1 saturated heterocycles. The van der Waals surface area contributed by atoms with Gasteiger partial charge in [0.1, 0.15) is 5.57 Å². The third-order valence-corrected chi connectivity index (χ3v) is 7.20. The molecule has 1 aromatic heterocycles. The number of para-hydroxylation sites is 2. The summed E-state index contributed by atoms with van der Waals surface area (Å²) in [7, 11) is 0. The summed E-state index contributed by atoms with van der Waals surface area (Å²) in [6, 6.07) is 39.6. The average molecular weight is 540 g/mol. The van der Waals surface area contributed by atoms with Crippen LogP contribution in [0, 0.1) is 6.92 Å². The van der Waals surface area contributed by atoms with Crippen LogP contribution in [0.3, 0.4) is 0 Å². The van der Waals surface area contributed by atoms with Crippen LogP contribution in [-0.4, -0.2) is 21.5 Å². The zero-order valence-electron chi connectivity index (χ0n) is 21.7. The predicted molar refractivity (Wildman–Crippen MR) is 164 cm³/mol. The molecule has 2 heterocycles. The second-order valence-electron chi connectivity index (χ2n) is 9.48. The number of carbonyl (C=O) groups excluding carboxylic acids is 2. The molecule has 6 heteroatoms. The van der Waals surface area contributed by atoms with Gasteiger partial charge in [-0.15, -0.1) is 0 Å². The number of aromatic nitrogens is 1. The molecule has 5 aromatic rings. The van der Waals surface area contributed by atoms with E-state index in [1.54, 1.807) is 6.08 Å². The van der Waals surface area contributed by atoms with Crippen LogP contribution in [0.4, 0.5) is 5.69 Å². The van der Waals surface area contributed by atoms with Gasteiger partial charge in [-0.2, -0.15) is 0 Å². The third kappa shape index (κ3) is 4.55. The Kier molecular flexibility index (Phi) is 6.68. The Morgan fingerprint density at radius 2 is 1.30 bits per heavy atom. The molecule has 0 atom stereocenters. The van der Waals surface area contributed by atoms with E-state index < -0.39 is 11.8 Å². The summed E-state index contributed by atoms with van der Waals surface area (Å²) in [5, 5.41) is 2.79. The van der Waals surface area contributed by atoms with Gasteiger partial charge in [-0.3, -0.25) is 19.8 Å². The largest absolute Gasteiger partial charge is 0.309 e. The molecule has 0 spiro atoms. The first-order chi connectivity index (χ1) is 19.5. The summed E-state index contributed by atoms with van der Waals surface area (Å²) in [4.78, 5) is 28.5. The Hall–Kier alpha value is -5.07. The molecule has 2 amide bonds. The maximum Gasteiger partial charge on any atom is 0.270 e. The second kappa shape index (κ2) is 10.6. The Labute approximate surface area is 238 Å². The number of amides is 2. The molecule has 4 aromatic carbocycles. The monoisotopic (exact) mass is 539 g/mol. The molecule has 0 radical (unpaired) electrons. The van der Waals surface area contributed by atoms with Crippen molar-refractivity contribution in [1.82, 2.24) is 9.88 Å². The highest BCUT2D eigenvalue weighted by atomic mass is 32.1. The van der Waals surface area contributed by atoms with E-state index in [0.717, 1.165) is 39.3 Å². The number of aryl methyl sites for hydroxylation is 1. The van der Waals surface area contributed by atoms with E-state index in [2.05, 4.69) is 22.0 Å². The number of benzene rings is 4. The highest BCUT2D eigenvalue weighted by Crippen LogP contribution is 2.37. The summed E-state index contributed by atoms with van der Waals surface area (Å²) >= 11 is 5.44. The summed E-state index contributed by atoms with van der Waals surface area (Å²) in [5.41, 5.74) is 7.00. The van der Waals surface area contributed by atoms with Gasteiger partial charge in [0.05, 0.1) is 17.1 Å². The van der Waals surface area contributed by atoms with E-state index in [9.17, 15) is 9.59 Å². The number of nitrogens with zero attached hydrogens (tertiary/aromatic N) is 2. The number of hydrogen-bond acceptors (Lipinski definition) is 3. The summed E-state index contributed by atoms with van der Waals surface area (Å²) < 4.78 is 2.17. The van der Waals surface area contributed by atoms with Crippen LogP contribution >= 0.6 is 12.2 Å². The number of nitrogens with one attached hydrogen (secondary N) is 1. The van der Waals surface area contributed by atoms with Gasteiger partial charge in [0, 0.05) is 11.3 Å². The minimum Gasteiger partial charge on any atom is -0.309 e. The fourth-order valence-corrected chi connectivity index (χ4v) is 5.32. The average Bonchev–Trinajstić information content (AvgIpc) is 3.37. The quantitative estimate of drug-likeness (QED) is 0.149. The molecular formula is C34H25N3O2S. The Morgan fingerprint density at radius 3 is 1.95 bits per heavy atom. The van der Waals surface area contributed by atoms with Crippen molar-refractivity contribution in [2.75, 3.05) is 4.90 Å². The van der Waals surface area contributed by atoms with Gasteiger partial charge in [0.2, 0.25) is 0 Å². The molecular weight excluding hydrogens is 514 g/mol. The molecule has 1 fully saturated rings. The molecule has 0 unspecified atom stereocenters. The fraction of sp³-hybridized carbons (Fsp3) is 0.0294. The van der Waals surface area contributed by atoms with Crippen LogP contribution in [0.25, 0.3) is 34.3 Å².